The van der Waals surface area contributed by atoms with Gasteiger partial charge in [0.25, 0.3) is 0 Å². The molecule has 4 saturated carbocycles. The SMILES string of the molecule is O=C(NC12CC(C1)C2)O[C@@H]1CO[C@H](c2cc(Nc3nc(C4CC4)cn4nc(COC(F)(F)F)cc34)n[nH]2)[C@@H]1F. The van der Waals surface area contributed by atoms with Gasteiger partial charge in [0.05, 0.1) is 29.9 Å². The van der Waals surface area contributed by atoms with Crippen molar-refractivity contribution in [2.45, 2.75) is 74.9 Å². The topological polar surface area (TPSA) is 128 Å². The number of rotatable bonds is 8. The Balaban J connectivity index is 1.05. The highest BCUT2D eigenvalue weighted by Gasteiger charge is 2.58. The Morgan fingerprint density at radius 2 is 2.05 bits per heavy atom. The van der Waals surface area contributed by atoms with Gasteiger partial charge in [0.1, 0.15) is 18.2 Å². The minimum Gasteiger partial charge on any atom is -0.441 e. The quantitative estimate of drug-likeness (QED) is 0.356. The predicted octanol–water partition coefficient (Wildman–Crippen LogP) is 4.17. The fraction of sp³-hybridized carbons (Fsp3) is 0.583. The summed E-state index contributed by atoms with van der Waals surface area (Å²) < 4.78 is 69.0. The third-order valence-corrected chi connectivity index (χ3v) is 7.80. The lowest BCUT2D eigenvalue weighted by Crippen LogP contribution is -2.68. The van der Waals surface area contributed by atoms with Gasteiger partial charge >= 0.3 is 12.5 Å². The van der Waals surface area contributed by atoms with Crippen LogP contribution in [0.2, 0.25) is 0 Å². The van der Waals surface area contributed by atoms with E-state index in [0.29, 0.717) is 28.8 Å². The van der Waals surface area contributed by atoms with Crippen molar-refractivity contribution >= 4 is 23.2 Å². The van der Waals surface area contributed by atoms with Gasteiger partial charge in [0, 0.05) is 17.5 Å². The Bertz CT molecular complexity index is 1400. The number of alkyl halides is 4. The molecule has 11 nitrogen and oxygen atoms in total. The maximum Gasteiger partial charge on any atom is 0.522 e. The lowest BCUT2D eigenvalue weighted by Gasteiger charge is -2.61. The van der Waals surface area contributed by atoms with E-state index in [4.69, 9.17) is 9.47 Å². The van der Waals surface area contributed by atoms with E-state index < -0.39 is 37.4 Å². The summed E-state index contributed by atoms with van der Waals surface area (Å²) in [6.45, 7) is -0.837. The van der Waals surface area contributed by atoms with Crippen molar-refractivity contribution in [3.05, 3.63) is 35.4 Å². The Morgan fingerprint density at radius 1 is 1.26 bits per heavy atom. The zero-order valence-corrected chi connectivity index (χ0v) is 20.5. The first-order valence-electron chi connectivity index (χ1n) is 12.8. The monoisotopic (exact) mass is 551 g/mol. The molecule has 0 spiro atoms. The first kappa shape index (κ1) is 24.6. The molecule has 8 rings (SSSR count). The number of carbonyl (C=O) groups is 1. The summed E-state index contributed by atoms with van der Waals surface area (Å²) >= 11 is 0. The van der Waals surface area contributed by atoms with Crippen molar-refractivity contribution in [3.63, 3.8) is 0 Å². The highest BCUT2D eigenvalue weighted by Crippen LogP contribution is 2.57. The lowest BCUT2D eigenvalue weighted by molar-refractivity contribution is -0.330. The van der Waals surface area contributed by atoms with Crippen LogP contribution in [0.25, 0.3) is 5.52 Å². The maximum absolute atomic E-state index is 15.2. The fourth-order valence-electron chi connectivity index (χ4n) is 5.58. The molecule has 208 valence electrons. The molecular formula is C24H25F4N7O4. The van der Waals surface area contributed by atoms with Crippen LogP contribution < -0.4 is 10.6 Å². The Kier molecular flexibility index (Phi) is 5.53. The van der Waals surface area contributed by atoms with E-state index in [9.17, 15) is 18.0 Å². The van der Waals surface area contributed by atoms with Gasteiger partial charge in [-0.15, -0.1) is 13.2 Å². The number of H-pyrrole nitrogens is 1. The van der Waals surface area contributed by atoms with Gasteiger partial charge in [0.15, 0.2) is 23.9 Å². The molecule has 0 unspecified atom stereocenters. The summed E-state index contributed by atoms with van der Waals surface area (Å²) in [6, 6.07) is 3.00. The Hall–Kier alpha value is -3.46. The van der Waals surface area contributed by atoms with Gasteiger partial charge in [-0.2, -0.15) is 10.2 Å². The van der Waals surface area contributed by atoms with E-state index in [1.165, 1.54) is 10.6 Å². The molecule has 0 radical (unpaired) electrons. The molecular weight excluding hydrogens is 526 g/mol. The first-order chi connectivity index (χ1) is 18.6. The van der Waals surface area contributed by atoms with Crippen molar-refractivity contribution in [1.82, 2.24) is 30.1 Å². The summed E-state index contributed by atoms with van der Waals surface area (Å²) in [4.78, 5) is 16.9. The van der Waals surface area contributed by atoms with E-state index in [2.05, 4.69) is 35.7 Å². The fourth-order valence-corrected chi connectivity index (χ4v) is 5.58. The van der Waals surface area contributed by atoms with Crippen LogP contribution >= 0.6 is 0 Å². The molecule has 3 N–H and O–H groups in total. The molecule has 39 heavy (non-hydrogen) atoms. The molecule has 4 aliphatic carbocycles. The number of carbonyl (C=O) groups excluding carboxylic acids is 1. The Labute approximate surface area is 218 Å². The minimum absolute atomic E-state index is 0.0802. The van der Waals surface area contributed by atoms with E-state index in [1.807, 2.05) is 0 Å². The Morgan fingerprint density at radius 3 is 2.74 bits per heavy atom. The maximum atomic E-state index is 15.2. The van der Waals surface area contributed by atoms with Crippen LogP contribution in [0.5, 0.6) is 0 Å². The second kappa shape index (κ2) is 8.78. The number of aromatic nitrogens is 5. The third-order valence-electron chi connectivity index (χ3n) is 7.80. The lowest BCUT2D eigenvalue weighted by atomic mass is 9.50. The van der Waals surface area contributed by atoms with Gasteiger partial charge in [-0.3, -0.25) is 9.84 Å². The molecule has 3 aromatic rings. The van der Waals surface area contributed by atoms with Gasteiger partial charge < -0.3 is 20.1 Å². The number of hydrogen-bond donors (Lipinski definition) is 3. The number of hydrogen-bond acceptors (Lipinski definition) is 8. The molecule has 3 aromatic heterocycles. The average molecular weight is 552 g/mol. The molecule has 15 heteroatoms. The largest absolute Gasteiger partial charge is 0.522 e. The van der Waals surface area contributed by atoms with E-state index in [0.717, 1.165) is 37.8 Å². The highest BCUT2D eigenvalue weighted by atomic mass is 19.4. The van der Waals surface area contributed by atoms with Crippen molar-refractivity contribution in [3.8, 4) is 0 Å². The number of anilines is 2. The first-order valence-corrected chi connectivity index (χ1v) is 12.8. The number of alkyl carbamates (subject to hydrolysis) is 1. The number of ether oxygens (including phenoxy) is 3. The molecule has 5 aliphatic rings. The van der Waals surface area contributed by atoms with Crippen LogP contribution in [0, 0.1) is 5.92 Å². The van der Waals surface area contributed by atoms with Crippen LogP contribution in [0.3, 0.4) is 0 Å². The molecule has 4 heterocycles. The molecule has 3 atom stereocenters. The van der Waals surface area contributed by atoms with E-state index in [-0.39, 0.29) is 23.8 Å². The minimum atomic E-state index is -4.78. The summed E-state index contributed by atoms with van der Waals surface area (Å²) in [5, 5.41) is 17.0. The number of fused-ring (bicyclic) bond motifs is 1. The van der Waals surface area contributed by atoms with E-state index in [1.54, 1.807) is 12.3 Å². The molecule has 0 aromatic carbocycles. The second-order valence-electron chi connectivity index (χ2n) is 10.8. The van der Waals surface area contributed by atoms with Crippen molar-refractivity contribution in [1.29, 1.82) is 0 Å². The zero-order valence-electron chi connectivity index (χ0n) is 20.5. The van der Waals surface area contributed by atoms with Crippen molar-refractivity contribution in [2.24, 2.45) is 5.92 Å². The van der Waals surface area contributed by atoms with E-state index >= 15 is 4.39 Å². The van der Waals surface area contributed by atoms with Gasteiger partial charge in [-0.1, -0.05) is 0 Å². The number of halogens is 4. The highest BCUT2D eigenvalue weighted by molar-refractivity contribution is 5.73. The molecule has 2 bridgehead atoms. The summed E-state index contributed by atoms with van der Waals surface area (Å²) in [6.07, 6.45) is -2.66. The van der Waals surface area contributed by atoms with Gasteiger partial charge in [-0.05, 0) is 44.1 Å². The summed E-state index contributed by atoms with van der Waals surface area (Å²) in [5.41, 5.74) is 1.41. The van der Waals surface area contributed by atoms with Crippen LogP contribution in [0.1, 0.15) is 61.2 Å². The second-order valence-corrected chi connectivity index (χ2v) is 10.8. The average Bonchev–Trinajstić information content (AvgIpc) is 3.27. The van der Waals surface area contributed by atoms with Crippen molar-refractivity contribution in [2.75, 3.05) is 11.9 Å². The molecule has 1 aliphatic heterocycles. The number of aromatic amines is 1. The smallest absolute Gasteiger partial charge is 0.441 e. The van der Waals surface area contributed by atoms with Crippen LogP contribution in [-0.2, 0) is 20.8 Å². The zero-order chi connectivity index (χ0) is 26.9. The van der Waals surface area contributed by atoms with Gasteiger partial charge in [0.2, 0.25) is 0 Å². The van der Waals surface area contributed by atoms with Gasteiger partial charge in [-0.25, -0.2) is 18.7 Å². The molecule has 1 saturated heterocycles. The summed E-state index contributed by atoms with van der Waals surface area (Å²) in [7, 11) is 0. The number of amides is 1. The standard InChI is InChI=1S/C24H25F4N7O4/c25-19-17(39-22(36)31-23-5-11(6-23)7-23)10-37-20(19)14-4-18(33-32-14)30-21-16-3-13(9-38-24(26,27)28)34-35(16)8-15(29-21)12-1-2-12/h3-4,8,11-12,17,19-20H,1-2,5-7,9-10H2,(H,31,36)(H2,29,30,32,33)/t11?,17-,19-,20-,23?/m1/s1. The van der Waals surface area contributed by atoms with Crippen LogP contribution in [0.15, 0.2) is 18.3 Å². The third kappa shape index (κ3) is 4.77. The predicted molar refractivity (Wildman–Crippen MR) is 125 cm³/mol. The summed E-state index contributed by atoms with van der Waals surface area (Å²) in [5.74, 6) is 1.55. The van der Waals surface area contributed by atoms with Crippen LogP contribution in [0.4, 0.5) is 34.0 Å². The molecule has 5 fully saturated rings. The normalized spacial score (nSPS) is 29.6. The van der Waals surface area contributed by atoms with Crippen molar-refractivity contribution < 1.29 is 36.6 Å². The number of nitrogens with one attached hydrogen (secondary N) is 3. The molecule has 1 amide bonds. The number of nitrogens with zero attached hydrogens (tertiary/aromatic N) is 4. The van der Waals surface area contributed by atoms with Crippen LogP contribution in [-0.4, -0.2) is 61.7 Å².